The monoisotopic (exact) mass is 610 g/mol. The van der Waals surface area contributed by atoms with Gasteiger partial charge < -0.3 is 30.0 Å². The molecule has 0 aromatic heterocycles. The topological polar surface area (TPSA) is 94.2 Å². The number of hydrogen-bond acceptors (Lipinski definition) is 8. The Hall–Kier alpha value is -2.69. The molecule has 42 heavy (non-hydrogen) atoms. The zero-order chi connectivity index (χ0) is 30.0. The van der Waals surface area contributed by atoms with E-state index in [2.05, 4.69) is 19.1 Å². The third kappa shape index (κ3) is 7.82. The van der Waals surface area contributed by atoms with Crippen molar-refractivity contribution < 1.29 is 24.1 Å². The summed E-state index contributed by atoms with van der Waals surface area (Å²) >= 11 is 0. The standard InChI is InChI=1S/C33H42N2O5S2/c1-24(42-41-20-19-34)9-18-32(37)35-22-29(36)21-28(35)23-40-33(25-7-5-4-6-8-25,26-10-14-30(38-2)15-11-26)27-12-16-31(39-3)17-13-27/h4-8,10-17,24,28-29,36H,9,18-23,34H2,1-3H3/t24?,28-,29+/m0/s1. The molecule has 226 valence electrons. The van der Waals surface area contributed by atoms with Gasteiger partial charge >= 0.3 is 0 Å². The fourth-order valence-corrected chi connectivity index (χ4v) is 7.58. The van der Waals surface area contributed by atoms with Crippen molar-refractivity contribution >= 4 is 27.5 Å². The molecule has 4 rings (SSSR count). The van der Waals surface area contributed by atoms with Gasteiger partial charge in [-0.05, 0) is 53.8 Å². The van der Waals surface area contributed by atoms with Crippen molar-refractivity contribution in [3.05, 3.63) is 95.6 Å². The molecular weight excluding hydrogens is 569 g/mol. The van der Waals surface area contributed by atoms with Gasteiger partial charge in [0.25, 0.3) is 0 Å². The molecule has 0 bridgehead atoms. The Morgan fingerprint density at radius 3 is 2.10 bits per heavy atom. The molecule has 1 aliphatic heterocycles. The van der Waals surface area contributed by atoms with Crippen LogP contribution in [0.15, 0.2) is 78.9 Å². The second-order valence-corrected chi connectivity index (χ2v) is 13.4. The first-order chi connectivity index (χ1) is 20.4. The van der Waals surface area contributed by atoms with Crippen LogP contribution in [0.4, 0.5) is 0 Å². The molecule has 1 aliphatic rings. The van der Waals surface area contributed by atoms with Gasteiger partial charge in [-0.25, -0.2) is 0 Å². The van der Waals surface area contributed by atoms with Crippen LogP contribution in [0.5, 0.6) is 11.5 Å². The van der Waals surface area contributed by atoms with Crippen molar-refractivity contribution in [3.8, 4) is 11.5 Å². The van der Waals surface area contributed by atoms with Gasteiger partial charge in [0.2, 0.25) is 5.91 Å². The number of carbonyl (C=O) groups excluding carboxylic acids is 1. The van der Waals surface area contributed by atoms with E-state index in [9.17, 15) is 9.90 Å². The lowest BCUT2D eigenvalue weighted by Crippen LogP contribution is -2.42. The normalized spacial score (nSPS) is 17.7. The molecule has 3 N–H and O–H groups in total. The number of carbonyl (C=O) groups is 1. The van der Waals surface area contributed by atoms with Crippen molar-refractivity contribution in [2.24, 2.45) is 5.73 Å². The van der Waals surface area contributed by atoms with Gasteiger partial charge in [-0.2, -0.15) is 0 Å². The van der Waals surface area contributed by atoms with E-state index in [1.165, 1.54) is 0 Å². The van der Waals surface area contributed by atoms with Crippen molar-refractivity contribution in [1.29, 1.82) is 0 Å². The summed E-state index contributed by atoms with van der Waals surface area (Å²) in [5.41, 5.74) is 7.44. The van der Waals surface area contributed by atoms with E-state index in [-0.39, 0.29) is 18.6 Å². The fourth-order valence-electron chi connectivity index (χ4n) is 5.38. The van der Waals surface area contributed by atoms with E-state index >= 15 is 0 Å². The summed E-state index contributed by atoms with van der Waals surface area (Å²) in [6, 6.07) is 25.6. The van der Waals surface area contributed by atoms with Gasteiger partial charge in [0.15, 0.2) is 0 Å². The first-order valence-corrected chi connectivity index (χ1v) is 16.7. The molecule has 1 heterocycles. The van der Waals surface area contributed by atoms with Crippen LogP contribution >= 0.6 is 21.6 Å². The molecule has 3 atom stereocenters. The van der Waals surface area contributed by atoms with Crippen LogP contribution in [0, 0.1) is 0 Å². The number of β-amino-alcohol motifs (C(OH)–C–C–N with tert-alkyl or cyclic N) is 1. The van der Waals surface area contributed by atoms with Gasteiger partial charge in [-0.3, -0.25) is 4.79 Å². The maximum absolute atomic E-state index is 13.4. The highest BCUT2D eigenvalue weighted by Crippen LogP contribution is 2.42. The molecule has 0 aliphatic carbocycles. The van der Waals surface area contributed by atoms with Crippen LogP contribution in [-0.4, -0.2) is 73.0 Å². The Labute approximate surface area is 257 Å². The SMILES string of the molecule is COc1ccc(C(OC[C@@H]2C[C@@H](O)CN2C(=O)CCC(C)SSCCN)(c2ccccc2)c2ccc(OC)cc2)cc1. The van der Waals surface area contributed by atoms with Crippen molar-refractivity contribution in [2.45, 2.75) is 49.2 Å². The average Bonchev–Trinajstić information content (AvgIpc) is 3.41. The molecule has 0 radical (unpaired) electrons. The number of amides is 1. The van der Waals surface area contributed by atoms with Crippen LogP contribution in [0.3, 0.4) is 0 Å². The number of ether oxygens (including phenoxy) is 3. The van der Waals surface area contributed by atoms with E-state index in [1.54, 1.807) is 35.8 Å². The van der Waals surface area contributed by atoms with Crippen molar-refractivity contribution in [2.75, 3.05) is 39.7 Å². The summed E-state index contributed by atoms with van der Waals surface area (Å²) in [4.78, 5) is 15.2. The van der Waals surface area contributed by atoms with E-state index in [1.807, 2.05) is 71.6 Å². The number of likely N-dealkylation sites (tertiary alicyclic amines) is 1. The minimum atomic E-state index is -0.979. The van der Waals surface area contributed by atoms with Gasteiger partial charge in [-0.1, -0.05) is 83.1 Å². The first-order valence-electron chi connectivity index (χ1n) is 14.4. The van der Waals surface area contributed by atoms with Crippen molar-refractivity contribution in [1.82, 2.24) is 4.90 Å². The smallest absolute Gasteiger partial charge is 0.223 e. The molecule has 3 aromatic rings. The summed E-state index contributed by atoms with van der Waals surface area (Å²) in [5.74, 6) is 2.45. The van der Waals surface area contributed by atoms with Crippen LogP contribution in [0.2, 0.25) is 0 Å². The molecule has 1 amide bonds. The predicted octanol–water partition coefficient (Wildman–Crippen LogP) is 5.48. The molecule has 1 saturated heterocycles. The first kappa shape index (κ1) is 32.2. The Morgan fingerprint density at radius 1 is 0.976 bits per heavy atom. The van der Waals surface area contributed by atoms with Crippen LogP contribution in [-0.2, 0) is 15.1 Å². The summed E-state index contributed by atoms with van der Waals surface area (Å²) < 4.78 is 17.9. The minimum absolute atomic E-state index is 0.0515. The molecule has 0 spiro atoms. The second-order valence-electron chi connectivity index (χ2n) is 10.5. The molecule has 1 fully saturated rings. The third-order valence-corrected chi connectivity index (χ3v) is 10.6. The summed E-state index contributed by atoms with van der Waals surface area (Å²) in [6.45, 7) is 3.36. The number of aliphatic hydroxyl groups is 1. The van der Waals surface area contributed by atoms with E-state index < -0.39 is 11.7 Å². The lowest BCUT2D eigenvalue weighted by molar-refractivity contribution is -0.134. The molecule has 7 nitrogen and oxygen atoms in total. The Bertz CT molecular complexity index is 1200. The summed E-state index contributed by atoms with van der Waals surface area (Å²) in [7, 11) is 6.81. The largest absolute Gasteiger partial charge is 0.497 e. The Balaban J connectivity index is 1.63. The van der Waals surface area contributed by atoms with Crippen LogP contribution in [0.25, 0.3) is 0 Å². The fraction of sp³-hybridized carbons (Fsp3) is 0.424. The van der Waals surface area contributed by atoms with Gasteiger partial charge in [0.1, 0.15) is 17.1 Å². The zero-order valence-corrected chi connectivity index (χ0v) is 26.2. The maximum Gasteiger partial charge on any atom is 0.223 e. The third-order valence-electron chi connectivity index (χ3n) is 7.58. The average molecular weight is 611 g/mol. The van der Waals surface area contributed by atoms with Gasteiger partial charge in [0.05, 0.1) is 33.0 Å². The van der Waals surface area contributed by atoms with Crippen LogP contribution < -0.4 is 15.2 Å². The van der Waals surface area contributed by atoms with E-state index in [0.717, 1.165) is 40.4 Å². The van der Waals surface area contributed by atoms with E-state index in [4.69, 9.17) is 19.9 Å². The lowest BCUT2D eigenvalue weighted by atomic mass is 9.80. The highest BCUT2D eigenvalue weighted by atomic mass is 33.1. The van der Waals surface area contributed by atoms with Crippen molar-refractivity contribution in [3.63, 3.8) is 0 Å². The maximum atomic E-state index is 13.4. The molecule has 0 saturated carbocycles. The van der Waals surface area contributed by atoms with Gasteiger partial charge in [0, 0.05) is 30.5 Å². The molecule has 1 unspecified atom stereocenters. The predicted molar refractivity (Wildman–Crippen MR) is 172 cm³/mol. The lowest BCUT2D eigenvalue weighted by Gasteiger charge is -2.38. The van der Waals surface area contributed by atoms with Gasteiger partial charge in [-0.15, -0.1) is 0 Å². The van der Waals surface area contributed by atoms with Crippen LogP contribution in [0.1, 0.15) is 42.9 Å². The molecular formula is C33H42N2O5S2. The summed E-state index contributed by atoms with van der Waals surface area (Å²) in [6.07, 6.45) is 1.09. The zero-order valence-electron chi connectivity index (χ0n) is 24.6. The Morgan fingerprint density at radius 2 is 1.55 bits per heavy atom. The quantitative estimate of drug-likeness (QED) is 0.133. The molecule has 9 heteroatoms. The highest BCUT2D eigenvalue weighted by Gasteiger charge is 2.41. The Kier molecular flexibility index (Phi) is 12.0. The number of rotatable bonds is 15. The number of nitrogens with two attached hydrogens (primary N) is 1. The highest BCUT2D eigenvalue weighted by molar-refractivity contribution is 8.76. The number of methoxy groups -OCH3 is 2. The summed E-state index contributed by atoms with van der Waals surface area (Å²) in [5, 5.41) is 11.0. The number of benzene rings is 3. The second kappa shape index (κ2) is 15.7. The minimum Gasteiger partial charge on any atom is -0.497 e. The number of aliphatic hydroxyl groups excluding tert-OH is 1. The molecule has 3 aromatic carbocycles. The van der Waals surface area contributed by atoms with E-state index in [0.29, 0.717) is 31.2 Å². The number of nitrogens with zero attached hydrogens (tertiary/aromatic N) is 1. The number of hydrogen-bond donors (Lipinski definition) is 2.